The zero-order valence-corrected chi connectivity index (χ0v) is 9.03. The Morgan fingerprint density at radius 1 is 1.71 bits per heavy atom. The number of carboxylic acids is 1. The average Bonchev–Trinajstić information content (AvgIpc) is 2.07. The van der Waals surface area contributed by atoms with Gasteiger partial charge in [0.1, 0.15) is 6.04 Å². The normalized spacial score (nSPS) is 23.4. The molecule has 1 aliphatic rings. The van der Waals surface area contributed by atoms with Crippen molar-refractivity contribution in [3.05, 3.63) is 23.8 Å². The van der Waals surface area contributed by atoms with Crippen LogP contribution in [-0.4, -0.2) is 41.5 Å². The van der Waals surface area contributed by atoms with Crippen LogP contribution in [0.1, 0.15) is 6.42 Å². The highest BCUT2D eigenvalue weighted by Crippen LogP contribution is 2.19. The Morgan fingerprint density at radius 2 is 2.36 bits per heavy atom. The largest absolute Gasteiger partial charge is 0.480 e. The van der Waals surface area contributed by atoms with Gasteiger partial charge in [-0.25, -0.2) is 0 Å². The predicted octanol–water partition coefficient (Wildman–Crippen LogP) is 1.49. The van der Waals surface area contributed by atoms with Gasteiger partial charge in [0.05, 0.1) is 5.38 Å². The quantitative estimate of drug-likeness (QED) is 0.726. The van der Waals surface area contributed by atoms with Crippen LogP contribution in [-0.2, 0) is 4.79 Å². The van der Waals surface area contributed by atoms with Gasteiger partial charge in [-0.05, 0) is 26.1 Å². The van der Waals surface area contributed by atoms with Crippen LogP contribution >= 0.6 is 11.6 Å². The molecule has 1 aliphatic carbocycles. The summed E-state index contributed by atoms with van der Waals surface area (Å²) < 4.78 is 0. The first-order valence-corrected chi connectivity index (χ1v) is 4.87. The SMILES string of the molecule is CN(C)C(C(=O)O)C1=CCC(Cl)C=C1. The fourth-order valence-electron chi connectivity index (χ4n) is 1.48. The Hall–Kier alpha value is -0.800. The molecule has 0 aromatic heterocycles. The van der Waals surface area contributed by atoms with E-state index in [0.29, 0.717) is 6.42 Å². The monoisotopic (exact) mass is 215 g/mol. The van der Waals surface area contributed by atoms with Gasteiger partial charge in [-0.2, -0.15) is 0 Å². The fourth-order valence-corrected chi connectivity index (χ4v) is 1.64. The minimum atomic E-state index is -0.834. The third-order valence-electron chi connectivity index (χ3n) is 2.14. The second-order valence-corrected chi connectivity index (χ2v) is 4.08. The maximum Gasteiger partial charge on any atom is 0.325 e. The predicted molar refractivity (Wildman–Crippen MR) is 56.6 cm³/mol. The Labute approximate surface area is 88.7 Å². The van der Waals surface area contributed by atoms with Crippen molar-refractivity contribution in [2.24, 2.45) is 0 Å². The molecule has 0 aromatic carbocycles. The number of carboxylic acid groups (broad SMARTS) is 1. The lowest BCUT2D eigenvalue weighted by molar-refractivity contribution is -0.140. The van der Waals surface area contributed by atoms with Crippen LogP contribution in [0, 0.1) is 0 Å². The van der Waals surface area contributed by atoms with Crippen molar-refractivity contribution in [2.45, 2.75) is 17.8 Å². The summed E-state index contributed by atoms with van der Waals surface area (Å²) in [6.07, 6.45) is 6.21. The van der Waals surface area contributed by atoms with Gasteiger partial charge in [0.15, 0.2) is 0 Å². The standard InChI is InChI=1S/C10H14ClNO2/c1-12(2)9(10(13)14)7-3-5-8(11)6-4-7/h3-5,8-9H,6H2,1-2H3,(H,13,14). The number of aliphatic carboxylic acids is 1. The van der Waals surface area contributed by atoms with Gasteiger partial charge in [0, 0.05) is 0 Å². The van der Waals surface area contributed by atoms with Gasteiger partial charge in [-0.3, -0.25) is 9.69 Å². The molecule has 78 valence electrons. The average molecular weight is 216 g/mol. The number of halogens is 1. The molecule has 0 heterocycles. The zero-order chi connectivity index (χ0) is 10.7. The second kappa shape index (κ2) is 4.62. The van der Waals surface area contributed by atoms with E-state index in [2.05, 4.69) is 0 Å². The molecule has 0 saturated carbocycles. The maximum absolute atomic E-state index is 11.0. The molecule has 2 unspecified atom stereocenters. The number of hydrogen-bond donors (Lipinski definition) is 1. The van der Waals surface area contributed by atoms with Crippen LogP contribution in [0.5, 0.6) is 0 Å². The first-order chi connectivity index (χ1) is 6.52. The number of rotatable bonds is 3. The summed E-state index contributed by atoms with van der Waals surface area (Å²) in [6.45, 7) is 0. The van der Waals surface area contributed by atoms with Gasteiger partial charge in [-0.15, -0.1) is 11.6 Å². The topological polar surface area (TPSA) is 40.5 Å². The summed E-state index contributed by atoms with van der Waals surface area (Å²) in [6, 6.07) is -0.574. The van der Waals surface area contributed by atoms with Gasteiger partial charge in [-0.1, -0.05) is 18.2 Å². The summed E-state index contributed by atoms with van der Waals surface area (Å²) >= 11 is 5.85. The van der Waals surface area contributed by atoms with Crippen molar-refractivity contribution < 1.29 is 9.90 Å². The lowest BCUT2D eigenvalue weighted by atomic mass is 9.99. The van der Waals surface area contributed by atoms with E-state index in [1.54, 1.807) is 25.1 Å². The third kappa shape index (κ3) is 2.59. The maximum atomic E-state index is 11.0. The fraction of sp³-hybridized carbons (Fsp3) is 0.500. The third-order valence-corrected chi connectivity index (χ3v) is 2.47. The summed E-state index contributed by atoms with van der Waals surface area (Å²) in [7, 11) is 3.50. The first-order valence-electron chi connectivity index (χ1n) is 4.44. The Bertz CT molecular complexity index is 284. The van der Waals surface area contributed by atoms with E-state index in [9.17, 15) is 4.79 Å². The number of likely N-dealkylation sites (N-methyl/N-ethyl adjacent to an activating group) is 1. The van der Waals surface area contributed by atoms with E-state index in [0.717, 1.165) is 5.57 Å². The van der Waals surface area contributed by atoms with Crippen molar-refractivity contribution in [1.82, 2.24) is 4.90 Å². The number of hydrogen-bond acceptors (Lipinski definition) is 2. The minimum absolute atomic E-state index is 0.00430. The number of alkyl halides is 1. The van der Waals surface area contributed by atoms with Crippen molar-refractivity contribution >= 4 is 17.6 Å². The molecule has 0 amide bonds. The van der Waals surface area contributed by atoms with Crippen molar-refractivity contribution in [2.75, 3.05) is 14.1 Å². The minimum Gasteiger partial charge on any atom is -0.480 e. The van der Waals surface area contributed by atoms with E-state index in [4.69, 9.17) is 16.7 Å². The van der Waals surface area contributed by atoms with Crippen LogP contribution in [0.3, 0.4) is 0 Å². The van der Waals surface area contributed by atoms with E-state index < -0.39 is 12.0 Å². The highest BCUT2D eigenvalue weighted by Gasteiger charge is 2.24. The second-order valence-electron chi connectivity index (χ2n) is 3.52. The smallest absolute Gasteiger partial charge is 0.325 e. The lowest BCUT2D eigenvalue weighted by Gasteiger charge is -2.23. The van der Waals surface area contributed by atoms with Crippen molar-refractivity contribution in [1.29, 1.82) is 0 Å². The molecule has 0 bridgehead atoms. The van der Waals surface area contributed by atoms with E-state index >= 15 is 0 Å². The van der Waals surface area contributed by atoms with Gasteiger partial charge >= 0.3 is 5.97 Å². The van der Waals surface area contributed by atoms with Crippen LogP contribution in [0.4, 0.5) is 0 Å². The van der Waals surface area contributed by atoms with Crippen LogP contribution in [0.25, 0.3) is 0 Å². The summed E-state index contributed by atoms with van der Waals surface area (Å²) in [4.78, 5) is 12.6. The van der Waals surface area contributed by atoms with Crippen LogP contribution in [0.15, 0.2) is 23.8 Å². The van der Waals surface area contributed by atoms with Crippen molar-refractivity contribution in [3.63, 3.8) is 0 Å². The first kappa shape index (κ1) is 11.3. The van der Waals surface area contributed by atoms with Gasteiger partial charge < -0.3 is 5.11 Å². The molecular formula is C10H14ClNO2. The molecule has 0 radical (unpaired) electrons. The summed E-state index contributed by atoms with van der Waals surface area (Å²) in [5, 5.41) is 9.01. The highest BCUT2D eigenvalue weighted by atomic mass is 35.5. The molecule has 0 aliphatic heterocycles. The Balaban J connectivity index is 2.81. The van der Waals surface area contributed by atoms with Crippen LogP contribution in [0.2, 0.25) is 0 Å². The van der Waals surface area contributed by atoms with Crippen LogP contribution < -0.4 is 0 Å². The van der Waals surface area contributed by atoms with Crippen molar-refractivity contribution in [3.8, 4) is 0 Å². The molecular weight excluding hydrogens is 202 g/mol. The molecule has 3 nitrogen and oxygen atoms in total. The van der Waals surface area contributed by atoms with E-state index in [-0.39, 0.29) is 5.38 Å². The highest BCUT2D eigenvalue weighted by molar-refractivity contribution is 6.22. The molecule has 1 rings (SSSR count). The van der Waals surface area contributed by atoms with E-state index in [1.807, 2.05) is 12.2 Å². The van der Waals surface area contributed by atoms with Gasteiger partial charge in [0.25, 0.3) is 0 Å². The Morgan fingerprint density at radius 3 is 2.71 bits per heavy atom. The number of carbonyl (C=O) groups is 1. The molecule has 2 atom stereocenters. The lowest BCUT2D eigenvalue weighted by Crippen LogP contribution is -2.37. The molecule has 14 heavy (non-hydrogen) atoms. The molecule has 0 fully saturated rings. The molecule has 4 heteroatoms. The van der Waals surface area contributed by atoms with E-state index in [1.165, 1.54) is 0 Å². The molecule has 0 saturated heterocycles. The summed E-state index contributed by atoms with van der Waals surface area (Å²) in [5.41, 5.74) is 0.805. The molecule has 0 spiro atoms. The number of nitrogens with zero attached hydrogens (tertiary/aromatic N) is 1. The van der Waals surface area contributed by atoms with Gasteiger partial charge in [0.2, 0.25) is 0 Å². The zero-order valence-electron chi connectivity index (χ0n) is 8.27. The summed E-state index contributed by atoms with van der Waals surface area (Å²) in [5.74, 6) is -0.834. The molecule has 0 aromatic rings. The molecule has 1 N–H and O–H groups in total. The number of allylic oxidation sites excluding steroid dienone is 2. The Kier molecular flexibility index (Phi) is 3.72.